The molecule has 6 heteroatoms. The molecule has 1 aromatic heterocycles. The second-order valence-corrected chi connectivity index (χ2v) is 6.58. The van der Waals surface area contributed by atoms with Crippen LogP contribution in [0.2, 0.25) is 0 Å². The number of rotatable bonds is 6. The number of carbonyl (C=O) groups is 2. The Labute approximate surface area is 158 Å². The SMILES string of the molecule is CC(C)COC(=O)[C]=C(c1cccnc1)N1C(=O)OC[C@H]1c1ccccc1. The number of carbonyl (C=O) groups excluding carboxylic acids is 2. The van der Waals surface area contributed by atoms with Crippen molar-refractivity contribution in [1.29, 1.82) is 0 Å². The molecule has 1 radical (unpaired) electrons. The van der Waals surface area contributed by atoms with Crippen molar-refractivity contribution in [3.63, 3.8) is 0 Å². The molecule has 0 spiro atoms. The normalized spacial score (nSPS) is 17.1. The van der Waals surface area contributed by atoms with E-state index in [0.717, 1.165) is 5.56 Å². The van der Waals surface area contributed by atoms with Crippen molar-refractivity contribution in [2.75, 3.05) is 13.2 Å². The maximum atomic E-state index is 12.5. The predicted octanol–water partition coefficient (Wildman–Crippen LogP) is 3.62. The van der Waals surface area contributed by atoms with Crippen molar-refractivity contribution in [1.82, 2.24) is 9.88 Å². The topological polar surface area (TPSA) is 68.7 Å². The monoisotopic (exact) mass is 365 g/mol. The first-order chi connectivity index (χ1) is 13.1. The van der Waals surface area contributed by atoms with Gasteiger partial charge in [0.15, 0.2) is 0 Å². The number of hydrogen-bond acceptors (Lipinski definition) is 5. The van der Waals surface area contributed by atoms with Gasteiger partial charge in [-0.1, -0.05) is 44.2 Å². The molecule has 27 heavy (non-hydrogen) atoms. The van der Waals surface area contributed by atoms with Crippen LogP contribution >= 0.6 is 0 Å². The Morgan fingerprint density at radius 1 is 1.30 bits per heavy atom. The smallest absolute Gasteiger partial charge is 0.415 e. The van der Waals surface area contributed by atoms with Crippen molar-refractivity contribution in [3.8, 4) is 0 Å². The van der Waals surface area contributed by atoms with Crippen LogP contribution in [0.3, 0.4) is 0 Å². The van der Waals surface area contributed by atoms with E-state index >= 15 is 0 Å². The minimum absolute atomic E-state index is 0.190. The third-order valence-corrected chi connectivity index (χ3v) is 4.00. The molecule has 3 rings (SSSR count). The summed E-state index contributed by atoms with van der Waals surface area (Å²) < 4.78 is 10.5. The highest BCUT2D eigenvalue weighted by Crippen LogP contribution is 2.35. The van der Waals surface area contributed by atoms with Gasteiger partial charge in [0.25, 0.3) is 0 Å². The number of esters is 1. The Bertz CT molecular complexity index is 819. The Morgan fingerprint density at radius 3 is 2.74 bits per heavy atom. The highest BCUT2D eigenvalue weighted by Gasteiger charge is 2.37. The molecule has 0 N–H and O–H groups in total. The Morgan fingerprint density at radius 2 is 2.07 bits per heavy atom. The molecule has 1 saturated heterocycles. The maximum absolute atomic E-state index is 12.5. The van der Waals surface area contributed by atoms with Crippen molar-refractivity contribution in [3.05, 3.63) is 72.1 Å². The predicted molar refractivity (Wildman–Crippen MR) is 99.1 cm³/mol. The van der Waals surface area contributed by atoms with Crippen LogP contribution in [0.25, 0.3) is 5.70 Å². The van der Waals surface area contributed by atoms with Crippen LogP contribution in [-0.4, -0.2) is 35.2 Å². The van der Waals surface area contributed by atoms with Crippen LogP contribution in [0.5, 0.6) is 0 Å². The molecule has 6 nitrogen and oxygen atoms in total. The summed E-state index contributed by atoms with van der Waals surface area (Å²) in [5, 5.41) is 0. The van der Waals surface area contributed by atoms with E-state index in [2.05, 4.69) is 11.1 Å². The first-order valence-electron chi connectivity index (χ1n) is 8.78. The molecule has 0 unspecified atom stereocenters. The minimum Gasteiger partial charge on any atom is -0.462 e. The Hall–Kier alpha value is -3.15. The van der Waals surface area contributed by atoms with E-state index in [1.165, 1.54) is 4.90 Å². The summed E-state index contributed by atoms with van der Waals surface area (Å²) in [7, 11) is 0. The number of cyclic esters (lactones) is 1. The van der Waals surface area contributed by atoms with Crippen molar-refractivity contribution in [2.24, 2.45) is 5.92 Å². The lowest BCUT2D eigenvalue weighted by Crippen LogP contribution is -2.27. The van der Waals surface area contributed by atoms with Gasteiger partial charge in [0.05, 0.1) is 18.3 Å². The standard InChI is InChI=1S/C21H21N2O4/c1-15(2)13-26-20(24)11-18(17-9-6-10-22-12-17)23-19(14-27-21(23)25)16-7-4-3-5-8-16/h3-10,12,15,19H,13-14H2,1-2H3/t19-/m0/s1. The van der Waals surface area contributed by atoms with E-state index in [9.17, 15) is 9.59 Å². The van der Waals surface area contributed by atoms with E-state index in [1.807, 2.05) is 44.2 Å². The van der Waals surface area contributed by atoms with Gasteiger partial charge in [0.2, 0.25) is 0 Å². The number of amides is 1. The molecule has 1 aromatic carbocycles. The lowest BCUT2D eigenvalue weighted by atomic mass is 10.0. The van der Waals surface area contributed by atoms with Gasteiger partial charge in [-0.05, 0) is 23.6 Å². The maximum Gasteiger partial charge on any atom is 0.415 e. The minimum atomic E-state index is -0.630. The van der Waals surface area contributed by atoms with E-state index < -0.39 is 12.1 Å². The second kappa shape index (κ2) is 8.49. The van der Waals surface area contributed by atoms with E-state index in [4.69, 9.17) is 9.47 Å². The molecule has 2 aromatic rings. The summed E-state index contributed by atoms with van der Waals surface area (Å²) in [6.07, 6.45) is 5.36. The summed E-state index contributed by atoms with van der Waals surface area (Å²) in [5.41, 5.74) is 1.77. The van der Waals surface area contributed by atoms with Gasteiger partial charge in [-0.2, -0.15) is 0 Å². The third-order valence-electron chi connectivity index (χ3n) is 4.00. The molecule has 0 aliphatic carbocycles. The number of hydrogen-bond donors (Lipinski definition) is 0. The molecular formula is C21H21N2O4. The molecule has 0 saturated carbocycles. The molecular weight excluding hydrogens is 344 g/mol. The summed E-state index contributed by atoms with van der Waals surface area (Å²) in [4.78, 5) is 30.3. The molecule has 1 aliphatic heterocycles. The first kappa shape index (κ1) is 18.6. The first-order valence-corrected chi connectivity index (χ1v) is 8.78. The Kier molecular flexibility index (Phi) is 5.86. The van der Waals surface area contributed by atoms with Gasteiger partial charge in [-0.15, -0.1) is 0 Å². The number of benzene rings is 1. The zero-order chi connectivity index (χ0) is 19.2. The summed E-state index contributed by atoms with van der Waals surface area (Å²) in [5.74, 6) is -0.430. The van der Waals surface area contributed by atoms with Gasteiger partial charge < -0.3 is 9.47 Å². The molecule has 1 atom stereocenters. The molecule has 1 fully saturated rings. The molecule has 0 bridgehead atoms. The van der Waals surface area contributed by atoms with Gasteiger partial charge in [0, 0.05) is 18.0 Å². The summed E-state index contributed by atoms with van der Waals surface area (Å²) in [6, 6.07) is 12.6. The van der Waals surface area contributed by atoms with Crippen LogP contribution in [0.4, 0.5) is 4.79 Å². The second-order valence-electron chi connectivity index (χ2n) is 6.58. The Balaban J connectivity index is 1.98. The molecule has 1 amide bonds. The van der Waals surface area contributed by atoms with Crippen molar-refractivity contribution in [2.45, 2.75) is 19.9 Å². The van der Waals surface area contributed by atoms with Crippen LogP contribution in [-0.2, 0) is 14.3 Å². The average molecular weight is 365 g/mol. The number of nitrogens with zero attached hydrogens (tertiary/aromatic N) is 2. The third kappa shape index (κ3) is 4.53. The van der Waals surface area contributed by atoms with Gasteiger partial charge in [-0.25, -0.2) is 9.59 Å². The lowest BCUT2D eigenvalue weighted by molar-refractivity contribution is -0.139. The zero-order valence-electron chi connectivity index (χ0n) is 15.3. The largest absolute Gasteiger partial charge is 0.462 e. The van der Waals surface area contributed by atoms with E-state index in [0.29, 0.717) is 5.56 Å². The van der Waals surface area contributed by atoms with Crippen LogP contribution in [0.15, 0.2) is 54.9 Å². The van der Waals surface area contributed by atoms with Gasteiger partial charge in [0.1, 0.15) is 12.7 Å². The number of ether oxygens (including phenoxy) is 2. The molecule has 139 valence electrons. The number of pyridine rings is 1. The zero-order valence-corrected chi connectivity index (χ0v) is 15.3. The summed E-state index contributed by atoms with van der Waals surface area (Å²) in [6.45, 7) is 4.36. The molecule has 1 aliphatic rings. The molecule has 2 heterocycles. The van der Waals surface area contributed by atoms with Gasteiger partial charge in [-0.3, -0.25) is 9.88 Å². The van der Waals surface area contributed by atoms with Gasteiger partial charge >= 0.3 is 12.1 Å². The average Bonchev–Trinajstić information content (AvgIpc) is 3.07. The van der Waals surface area contributed by atoms with E-state index in [-0.39, 0.29) is 30.9 Å². The highest BCUT2D eigenvalue weighted by atomic mass is 16.6. The van der Waals surface area contributed by atoms with E-state index in [1.54, 1.807) is 24.5 Å². The van der Waals surface area contributed by atoms with Crippen LogP contribution in [0, 0.1) is 12.0 Å². The van der Waals surface area contributed by atoms with Crippen molar-refractivity contribution >= 4 is 17.8 Å². The summed E-state index contributed by atoms with van der Waals surface area (Å²) >= 11 is 0. The number of aromatic nitrogens is 1. The fourth-order valence-electron chi connectivity index (χ4n) is 2.74. The van der Waals surface area contributed by atoms with Crippen molar-refractivity contribution < 1.29 is 19.1 Å². The fourth-order valence-corrected chi connectivity index (χ4v) is 2.74. The lowest BCUT2D eigenvalue weighted by Gasteiger charge is -2.24. The quantitative estimate of drug-likeness (QED) is 0.578. The highest BCUT2D eigenvalue weighted by molar-refractivity contribution is 5.92. The van der Waals surface area contributed by atoms with Crippen LogP contribution < -0.4 is 0 Å². The fraction of sp³-hybridized carbons (Fsp3) is 0.286. The van der Waals surface area contributed by atoms with Crippen LogP contribution in [0.1, 0.15) is 31.0 Å².